The molecule has 2 amide bonds. The van der Waals surface area contributed by atoms with Crippen molar-refractivity contribution in [1.29, 1.82) is 0 Å². The second kappa shape index (κ2) is 7.91. The fourth-order valence-corrected chi connectivity index (χ4v) is 4.80. The van der Waals surface area contributed by atoms with Crippen molar-refractivity contribution in [2.24, 2.45) is 5.92 Å². The molecule has 1 N–H and O–H groups in total. The number of likely N-dealkylation sites (tertiary alicyclic amines) is 1. The number of hydrogen-bond donors (Lipinski definition) is 1. The number of benzene rings is 1. The van der Waals surface area contributed by atoms with Crippen LogP contribution in [0, 0.1) is 5.92 Å². The summed E-state index contributed by atoms with van der Waals surface area (Å²) in [5, 5.41) is 2.97. The summed E-state index contributed by atoms with van der Waals surface area (Å²) in [5.41, 5.74) is 3.18. The summed E-state index contributed by atoms with van der Waals surface area (Å²) in [6, 6.07) is 14.9. The molecule has 0 unspecified atom stereocenters. The number of methoxy groups -OCH3 is 1. The molecule has 3 aromatic rings. The summed E-state index contributed by atoms with van der Waals surface area (Å²) < 4.78 is 7.24. The zero-order valence-electron chi connectivity index (χ0n) is 17.3. The molecule has 1 fully saturated rings. The average Bonchev–Trinajstić information content (AvgIpc) is 2.80. The molecular formula is C24H24N4O3. The molecule has 7 nitrogen and oxygen atoms in total. The van der Waals surface area contributed by atoms with E-state index < -0.39 is 0 Å². The SMILES string of the molecule is COc1ccccc1NC(=O)N1C[C@H]2C[C@H](C1)c1ccc(-c3cccnc3)c(=O)n1C2. The Morgan fingerprint density at radius 3 is 2.77 bits per heavy atom. The van der Waals surface area contributed by atoms with E-state index in [1.165, 1.54) is 0 Å². The van der Waals surface area contributed by atoms with Crippen LogP contribution in [0.15, 0.2) is 65.7 Å². The predicted molar refractivity (Wildman–Crippen MR) is 118 cm³/mol. The Kier molecular flexibility index (Phi) is 4.94. The third kappa shape index (κ3) is 3.56. The number of para-hydroxylation sites is 2. The van der Waals surface area contributed by atoms with E-state index in [0.29, 0.717) is 36.6 Å². The number of nitrogens with one attached hydrogen (secondary N) is 1. The first-order valence-electron chi connectivity index (χ1n) is 10.5. The van der Waals surface area contributed by atoms with Crippen molar-refractivity contribution in [3.05, 3.63) is 77.0 Å². The van der Waals surface area contributed by atoms with Gasteiger partial charge in [-0.1, -0.05) is 18.2 Å². The maximum absolute atomic E-state index is 13.2. The molecule has 158 valence electrons. The van der Waals surface area contributed by atoms with Crippen molar-refractivity contribution >= 4 is 11.7 Å². The average molecular weight is 416 g/mol. The highest BCUT2D eigenvalue weighted by atomic mass is 16.5. The minimum atomic E-state index is -0.137. The van der Waals surface area contributed by atoms with Crippen LogP contribution in [0.1, 0.15) is 18.0 Å². The van der Waals surface area contributed by atoms with Crippen LogP contribution >= 0.6 is 0 Å². The van der Waals surface area contributed by atoms with Gasteiger partial charge in [0.15, 0.2) is 0 Å². The molecule has 0 aliphatic carbocycles. The van der Waals surface area contributed by atoms with Crippen LogP contribution < -0.4 is 15.6 Å². The van der Waals surface area contributed by atoms with Crippen molar-refractivity contribution in [3.63, 3.8) is 0 Å². The van der Waals surface area contributed by atoms with Gasteiger partial charge in [0.25, 0.3) is 5.56 Å². The Hall–Kier alpha value is -3.61. The van der Waals surface area contributed by atoms with E-state index in [0.717, 1.165) is 17.7 Å². The third-order valence-electron chi connectivity index (χ3n) is 6.21. The van der Waals surface area contributed by atoms with Gasteiger partial charge in [0.1, 0.15) is 5.75 Å². The first-order valence-corrected chi connectivity index (χ1v) is 10.5. The Balaban J connectivity index is 1.39. The first kappa shape index (κ1) is 19.4. The summed E-state index contributed by atoms with van der Waals surface area (Å²) in [7, 11) is 1.59. The largest absolute Gasteiger partial charge is 0.495 e. The molecule has 4 heterocycles. The molecule has 7 heteroatoms. The number of urea groups is 1. The maximum Gasteiger partial charge on any atom is 0.321 e. The number of nitrogens with zero attached hydrogens (tertiary/aromatic N) is 3. The first-order chi connectivity index (χ1) is 15.1. The summed E-state index contributed by atoms with van der Waals surface area (Å²) in [6.07, 6.45) is 4.41. The minimum Gasteiger partial charge on any atom is -0.495 e. The molecule has 1 aromatic carbocycles. The van der Waals surface area contributed by atoms with Gasteiger partial charge in [-0.25, -0.2) is 4.79 Å². The second-order valence-electron chi connectivity index (χ2n) is 8.16. The molecule has 1 saturated heterocycles. The highest BCUT2D eigenvalue weighted by Crippen LogP contribution is 2.36. The van der Waals surface area contributed by atoms with E-state index >= 15 is 0 Å². The molecule has 2 aliphatic rings. The lowest BCUT2D eigenvalue weighted by Gasteiger charge is -2.42. The van der Waals surface area contributed by atoms with E-state index in [2.05, 4.69) is 10.3 Å². The molecule has 0 spiro atoms. The normalized spacial score (nSPS) is 19.5. The fourth-order valence-electron chi connectivity index (χ4n) is 4.80. The standard InChI is InChI=1S/C24H24N4O3/c1-31-22-7-3-2-6-20(22)26-24(30)27-13-16-11-18(15-27)21-9-8-19(23(29)28(21)14-16)17-5-4-10-25-12-17/h2-10,12,16,18H,11,13-15H2,1H3,(H,26,30)/t16-,18-/m1/s1. The fraction of sp³-hybridized carbons (Fsp3) is 0.292. The zero-order valence-corrected chi connectivity index (χ0v) is 17.3. The lowest BCUT2D eigenvalue weighted by atomic mass is 9.83. The maximum atomic E-state index is 13.2. The van der Waals surface area contributed by atoms with Crippen LogP contribution in [0.3, 0.4) is 0 Å². The van der Waals surface area contributed by atoms with Gasteiger partial charge in [0, 0.05) is 54.8 Å². The molecule has 2 bridgehead atoms. The van der Waals surface area contributed by atoms with Gasteiger partial charge in [-0.2, -0.15) is 0 Å². The third-order valence-corrected chi connectivity index (χ3v) is 6.21. The highest BCUT2D eigenvalue weighted by molar-refractivity contribution is 5.91. The van der Waals surface area contributed by atoms with Crippen molar-refractivity contribution in [2.75, 3.05) is 25.5 Å². The molecule has 0 saturated carbocycles. The number of pyridine rings is 2. The number of aromatic nitrogens is 2. The molecule has 2 aliphatic heterocycles. The number of ether oxygens (including phenoxy) is 1. The number of hydrogen-bond acceptors (Lipinski definition) is 4. The van der Waals surface area contributed by atoms with Gasteiger partial charge in [-0.3, -0.25) is 9.78 Å². The minimum absolute atomic E-state index is 0.0205. The molecule has 2 aromatic heterocycles. The van der Waals surface area contributed by atoms with Gasteiger partial charge in [-0.15, -0.1) is 0 Å². The number of amides is 2. The van der Waals surface area contributed by atoms with Crippen molar-refractivity contribution < 1.29 is 9.53 Å². The number of piperidine rings is 1. The van der Waals surface area contributed by atoms with E-state index in [1.54, 1.807) is 19.5 Å². The summed E-state index contributed by atoms with van der Waals surface area (Å²) in [5.74, 6) is 1.02. The number of fused-ring (bicyclic) bond motifs is 4. The Bertz CT molecular complexity index is 1170. The zero-order chi connectivity index (χ0) is 21.4. The van der Waals surface area contributed by atoms with E-state index in [-0.39, 0.29) is 23.4 Å². The Labute approximate surface area is 180 Å². The van der Waals surface area contributed by atoms with E-state index in [1.807, 2.05) is 58.0 Å². The van der Waals surface area contributed by atoms with E-state index in [9.17, 15) is 9.59 Å². The van der Waals surface area contributed by atoms with E-state index in [4.69, 9.17) is 4.74 Å². The predicted octanol–water partition coefficient (Wildman–Crippen LogP) is 3.57. The second-order valence-corrected chi connectivity index (χ2v) is 8.16. The topological polar surface area (TPSA) is 76.5 Å². The van der Waals surface area contributed by atoms with Crippen molar-refractivity contribution in [2.45, 2.75) is 18.9 Å². The van der Waals surface area contributed by atoms with Gasteiger partial charge < -0.3 is 19.5 Å². The highest BCUT2D eigenvalue weighted by Gasteiger charge is 2.36. The molecule has 2 atom stereocenters. The Morgan fingerprint density at radius 2 is 1.97 bits per heavy atom. The quantitative estimate of drug-likeness (QED) is 0.708. The van der Waals surface area contributed by atoms with Crippen LogP contribution in [0.2, 0.25) is 0 Å². The van der Waals surface area contributed by atoms with Crippen LogP contribution in [0.25, 0.3) is 11.1 Å². The Morgan fingerprint density at radius 1 is 1.10 bits per heavy atom. The van der Waals surface area contributed by atoms with Crippen molar-refractivity contribution in [3.8, 4) is 16.9 Å². The summed E-state index contributed by atoms with van der Waals surface area (Å²) in [4.78, 5) is 32.2. The molecule has 31 heavy (non-hydrogen) atoms. The number of rotatable bonds is 3. The monoisotopic (exact) mass is 416 g/mol. The van der Waals surface area contributed by atoms with Crippen LogP contribution in [-0.2, 0) is 6.54 Å². The van der Waals surface area contributed by atoms with Gasteiger partial charge in [0.2, 0.25) is 0 Å². The molecule has 5 rings (SSSR count). The smallest absolute Gasteiger partial charge is 0.321 e. The van der Waals surface area contributed by atoms with Crippen LogP contribution in [-0.4, -0.2) is 40.7 Å². The summed E-state index contributed by atoms with van der Waals surface area (Å²) >= 11 is 0. The molecular weight excluding hydrogens is 392 g/mol. The lowest BCUT2D eigenvalue weighted by molar-refractivity contribution is 0.139. The van der Waals surface area contributed by atoms with Crippen LogP contribution in [0.4, 0.5) is 10.5 Å². The van der Waals surface area contributed by atoms with Gasteiger partial charge in [0.05, 0.1) is 12.8 Å². The number of carbonyl (C=O) groups is 1. The van der Waals surface area contributed by atoms with Gasteiger partial charge in [-0.05, 0) is 42.7 Å². The molecule has 0 radical (unpaired) electrons. The number of anilines is 1. The number of carbonyl (C=O) groups excluding carboxylic acids is 1. The van der Waals surface area contributed by atoms with Crippen molar-refractivity contribution in [1.82, 2.24) is 14.5 Å². The lowest BCUT2D eigenvalue weighted by Crippen LogP contribution is -2.50. The summed E-state index contributed by atoms with van der Waals surface area (Å²) in [6.45, 7) is 1.83. The van der Waals surface area contributed by atoms with Gasteiger partial charge >= 0.3 is 6.03 Å². The van der Waals surface area contributed by atoms with Crippen LogP contribution in [0.5, 0.6) is 5.75 Å².